The molecule has 0 aliphatic heterocycles. The number of hydrogen-bond acceptors (Lipinski definition) is 3. The molecule has 0 atom stereocenters. The summed E-state index contributed by atoms with van der Waals surface area (Å²) in [6.07, 6.45) is 0. The van der Waals surface area contributed by atoms with Crippen LogP contribution in [0.3, 0.4) is 0 Å². The van der Waals surface area contributed by atoms with Crippen molar-refractivity contribution in [1.29, 1.82) is 0 Å². The second-order valence-corrected chi connectivity index (χ2v) is 17.4. The fraction of sp³-hybridized carbons (Fsp3) is 0. The molecular formula is C55H40B5N5. The van der Waals surface area contributed by atoms with Crippen LogP contribution in [0.25, 0.3) is 111 Å². The van der Waals surface area contributed by atoms with Gasteiger partial charge in [-0.2, -0.15) is 9.97 Å². The van der Waals surface area contributed by atoms with Gasteiger partial charge in [-0.1, -0.05) is 163 Å². The van der Waals surface area contributed by atoms with Gasteiger partial charge in [0.2, 0.25) is 5.95 Å². The Morgan fingerprint density at radius 3 is 1.52 bits per heavy atom. The Labute approximate surface area is 381 Å². The maximum atomic E-state index is 5.41. The third-order valence-corrected chi connectivity index (χ3v) is 13.9. The lowest BCUT2D eigenvalue weighted by Crippen LogP contribution is -2.55. The van der Waals surface area contributed by atoms with Crippen LogP contribution >= 0.6 is 0 Å². The molecule has 3 heterocycles. The predicted octanol–water partition coefficient (Wildman–Crippen LogP) is 5.18. The van der Waals surface area contributed by atoms with Crippen molar-refractivity contribution >= 4 is 121 Å². The van der Waals surface area contributed by atoms with E-state index in [9.17, 15) is 0 Å². The highest BCUT2D eigenvalue weighted by Crippen LogP contribution is 2.43. The van der Waals surface area contributed by atoms with Crippen molar-refractivity contribution in [3.05, 3.63) is 182 Å². The molecule has 12 aromatic rings. The van der Waals surface area contributed by atoms with Crippen LogP contribution in [0.4, 0.5) is 0 Å². The largest absolute Gasteiger partial charge is 0.307 e. The van der Waals surface area contributed by atoms with E-state index >= 15 is 0 Å². The average Bonchev–Trinajstić information content (AvgIpc) is 3.89. The zero-order valence-corrected chi connectivity index (χ0v) is 37.1. The normalized spacial score (nSPS) is 11.7. The Balaban J connectivity index is 1.19. The SMILES string of the molecule is Bc1c(B)c(B)c(-c2ccc(-n3c4ccccc4c4ccc5c6ccccc6n(-c6nc(-c7ccccc7)nc(-c7ccc8ccccc8c7)n6)c5c43)cc2-c2ccccc2)c(B)c1B. The van der Waals surface area contributed by atoms with Crippen LogP contribution in [0.2, 0.25) is 0 Å². The second kappa shape index (κ2) is 15.2. The predicted molar refractivity (Wildman–Crippen MR) is 289 cm³/mol. The summed E-state index contributed by atoms with van der Waals surface area (Å²) in [5.74, 6) is 1.80. The highest BCUT2D eigenvalue weighted by Gasteiger charge is 2.25. The van der Waals surface area contributed by atoms with Gasteiger partial charge in [-0.05, 0) is 63.4 Å². The molecule has 0 radical (unpaired) electrons. The monoisotopic (exact) mass is 825 g/mol. The summed E-state index contributed by atoms with van der Waals surface area (Å²) in [4.78, 5) is 15.9. The van der Waals surface area contributed by atoms with Crippen molar-refractivity contribution in [2.75, 3.05) is 0 Å². The number of aromatic nitrogens is 5. The lowest BCUT2D eigenvalue weighted by molar-refractivity contribution is 0.953. The van der Waals surface area contributed by atoms with Gasteiger partial charge in [-0.3, -0.25) is 4.57 Å². The van der Waals surface area contributed by atoms with Crippen LogP contribution in [0.5, 0.6) is 0 Å². The first-order valence-corrected chi connectivity index (χ1v) is 22.4. The highest BCUT2D eigenvalue weighted by molar-refractivity contribution is 6.68. The molecule has 0 spiro atoms. The molecule has 0 saturated heterocycles. The van der Waals surface area contributed by atoms with Crippen LogP contribution in [0.15, 0.2) is 182 Å². The fourth-order valence-corrected chi connectivity index (χ4v) is 10.3. The van der Waals surface area contributed by atoms with Gasteiger partial charge in [0.1, 0.15) is 39.2 Å². The molecule has 3 aromatic heterocycles. The first-order chi connectivity index (χ1) is 31.8. The molecular weight excluding hydrogens is 785 g/mol. The van der Waals surface area contributed by atoms with E-state index in [-0.39, 0.29) is 0 Å². The van der Waals surface area contributed by atoms with E-state index in [1.165, 1.54) is 60.3 Å². The number of benzene rings is 9. The third-order valence-electron chi connectivity index (χ3n) is 13.9. The van der Waals surface area contributed by atoms with Gasteiger partial charge in [0.15, 0.2) is 11.6 Å². The molecule has 9 aromatic carbocycles. The second-order valence-electron chi connectivity index (χ2n) is 17.4. The molecule has 0 bridgehead atoms. The molecule has 0 N–H and O–H groups in total. The van der Waals surface area contributed by atoms with Crippen molar-refractivity contribution in [1.82, 2.24) is 24.1 Å². The van der Waals surface area contributed by atoms with Gasteiger partial charge in [0.05, 0.1) is 22.1 Å². The number of hydrogen-bond donors (Lipinski definition) is 0. The Morgan fingerprint density at radius 2 is 0.862 bits per heavy atom. The summed E-state index contributed by atoms with van der Waals surface area (Å²) in [7, 11) is 11.3. The van der Waals surface area contributed by atoms with E-state index < -0.39 is 0 Å². The standard InChI is InChI=1S/C55H40B5N5/c56-46-45(47(57)49(59)50(60)48(46)58)39-26-25-36(30-42(39)32-14-3-1-4-15-32)64-43-21-11-9-19-37(43)40-27-28-41-38-20-10-12-22-44(38)65(52(41)51(40)64)55-62-53(33-16-5-2-6-17-33)61-54(63-55)35-24-23-31-13-7-8-18-34(31)29-35/h1-30H,56-60H2. The molecule has 0 aliphatic rings. The molecule has 0 amide bonds. The Morgan fingerprint density at radius 1 is 0.338 bits per heavy atom. The van der Waals surface area contributed by atoms with Gasteiger partial charge in [-0.25, -0.2) is 4.98 Å². The molecule has 0 unspecified atom stereocenters. The van der Waals surface area contributed by atoms with E-state index in [2.05, 4.69) is 212 Å². The Kier molecular flexibility index (Phi) is 9.06. The minimum absolute atomic E-state index is 0.564. The highest BCUT2D eigenvalue weighted by atomic mass is 15.2. The van der Waals surface area contributed by atoms with Crippen LogP contribution in [-0.2, 0) is 0 Å². The molecule has 300 valence electrons. The lowest BCUT2D eigenvalue weighted by Gasteiger charge is -2.23. The summed E-state index contributed by atoms with van der Waals surface area (Å²) >= 11 is 0. The van der Waals surface area contributed by atoms with Crippen molar-refractivity contribution < 1.29 is 0 Å². The Bertz CT molecular complexity index is 3870. The van der Waals surface area contributed by atoms with E-state index in [0.717, 1.165) is 60.4 Å². The van der Waals surface area contributed by atoms with E-state index in [1.54, 1.807) is 0 Å². The number of fused-ring (bicyclic) bond motifs is 8. The zero-order valence-electron chi connectivity index (χ0n) is 37.1. The summed E-state index contributed by atoms with van der Waals surface area (Å²) in [6, 6.07) is 65.1. The molecule has 65 heavy (non-hydrogen) atoms. The maximum Gasteiger partial charge on any atom is 0.238 e. The number of rotatable bonds is 6. The van der Waals surface area contributed by atoms with Crippen LogP contribution in [0, 0.1) is 0 Å². The van der Waals surface area contributed by atoms with Gasteiger partial charge >= 0.3 is 0 Å². The van der Waals surface area contributed by atoms with Gasteiger partial charge < -0.3 is 4.57 Å². The van der Waals surface area contributed by atoms with Crippen molar-refractivity contribution in [3.8, 4) is 56.7 Å². The van der Waals surface area contributed by atoms with E-state index in [0.29, 0.717) is 17.6 Å². The van der Waals surface area contributed by atoms with Gasteiger partial charge in [-0.15, -0.1) is 16.4 Å². The molecule has 0 aliphatic carbocycles. The third kappa shape index (κ3) is 6.12. The van der Waals surface area contributed by atoms with Crippen molar-refractivity contribution in [2.24, 2.45) is 0 Å². The first kappa shape index (κ1) is 38.8. The minimum atomic E-state index is 0.564. The first-order valence-electron chi connectivity index (χ1n) is 22.4. The summed E-state index contributed by atoms with van der Waals surface area (Å²) in [5, 5.41) is 6.90. The topological polar surface area (TPSA) is 48.5 Å². The lowest BCUT2D eigenvalue weighted by atomic mass is 9.59. The van der Waals surface area contributed by atoms with Crippen molar-refractivity contribution in [3.63, 3.8) is 0 Å². The van der Waals surface area contributed by atoms with Gasteiger partial charge in [0, 0.05) is 38.4 Å². The summed E-state index contributed by atoms with van der Waals surface area (Å²) in [5.41, 5.74) is 18.9. The number of nitrogens with zero attached hydrogens (tertiary/aromatic N) is 5. The molecule has 0 fully saturated rings. The smallest absolute Gasteiger partial charge is 0.238 e. The van der Waals surface area contributed by atoms with Crippen LogP contribution < -0.4 is 27.3 Å². The van der Waals surface area contributed by atoms with Crippen LogP contribution in [-0.4, -0.2) is 63.3 Å². The van der Waals surface area contributed by atoms with Crippen molar-refractivity contribution in [2.45, 2.75) is 0 Å². The minimum Gasteiger partial charge on any atom is -0.307 e. The summed E-state index contributed by atoms with van der Waals surface area (Å²) < 4.78 is 4.74. The maximum absolute atomic E-state index is 5.41. The molecule has 10 heteroatoms. The quantitative estimate of drug-likeness (QED) is 0.218. The molecule has 12 rings (SSSR count). The van der Waals surface area contributed by atoms with E-state index in [4.69, 9.17) is 15.0 Å². The average molecular weight is 825 g/mol. The fourth-order valence-electron chi connectivity index (χ4n) is 10.3. The zero-order chi connectivity index (χ0) is 43.9. The molecule has 5 nitrogen and oxygen atoms in total. The van der Waals surface area contributed by atoms with Gasteiger partial charge in [0.25, 0.3) is 0 Å². The number of para-hydroxylation sites is 2. The molecule has 0 saturated carbocycles. The Hall–Kier alpha value is -7.83. The van der Waals surface area contributed by atoms with Crippen LogP contribution in [0.1, 0.15) is 0 Å². The summed E-state index contributed by atoms with van der Waals surface area (Å²) in [6.45, 7) is 0. The van der Waals surface area contributed by atoms with E-state index in [1.807, 2.05) is 18.2 Å².